The number of ketones is 1. The van der Waals surface area contributed by atoms with Crippen LogP contribution in [0.4, 0.5) is 0 Å². The fourth-order valence-electron chi connectivity index (χ4n) is 1.46. The number of aliphatic hydroxyl groups is 2. The van der Waals surface area contributed by atoms with E-state index in [4.69, 9.17) is 0 Å². The lowest BCUT2D eigenvalue weighted by molar-refractivity contribution is 0.0970. The van der Waals surface area contributed by atoms with Gasteiger partial charge in [0.1, 0.15) is 5.69 Å². The third-order valence-electron chi connectivity index (χ3n) is 2.38. The van der Waals surface area contributed by atoms with Gasteiger partial charge in [-0.3, -0.25) is 9.78 Å². The minimum atomic E-state index is -0.711. The summed E-state index contributed by atoms with van der Waals surface area (Å²) < 4.78 is 0. The van der Waals surface area contributed by atoms with Crippen LogP contribution in [-0.4, -0.2) is 21.0 Å². The van der Waals surface area contributed by atoms with Gasteiger partial charge < -0.3 is 10.2 Å². The van der Waals surface area contributed by atoms with E-state index in [9.17, 15) is 15.0 Å². The van der Waals surface area contributed by atoms with E-state index in [0.29, 0.717) is 5.56 Å². The molecule has 1 aromatic carbocycles. The lowest BCUT2D eigenvalue weighted by Gasteiger charge is -2.03. The molecule has 4 heteroatoms. The second-order valence-corrected chi connectivity index (χ2v) is 3.61. The molecule has 0 aliphatic rings. The van der Waals surface area contributed by atoms with E-state index >= 15 is 0 Å². The van der Waals surface area contributed by atoms with Crippen LogP contribution in [0.25, 0.3) is 5.76 Å². The number of rotatable bonds is 3. The molecular weight excluding hydrogens is 230 g/mol. The summed E-state index contributed by atoms with van der Waals surface area (Å²) >= 11 is 0. The van der Waals surface area contributed by atoms with Crippen molar-refractivity contribution < 1.29 is 15.0 Å². The summed E-state index contributed by atoms with van der Waals surface area (Å²) in [5, 5.41) is 19.5. The molecule has 4 nitrogen and oxygen atoms in total. The molecule has 1 aromatic heterocycles. The normalized spacial score (nSPS) is 11.8. The Morgan fingerprint density at radius 2 is 1.61 bits per heavy atom. The number of aromatic nitrogens is 1. The standard InChI is InChI=1S/C14H11NO3/c16-12(10-6-2-1-3-7-10)14(18)13(17)11-8-4-5-9-15-11/h1-9,16,18H/b14-12-. The average Bonchev–Trinajstić information content (AvgIpc) is 2.47. The Morgan fingerprint density at radius 3 is 2.22 bits per heavy atom. The van der Waals surface area contributed by atoms with Gasteiger partial charge in [0.05, 0.1) is 0 Å². The number of carbonyl (C=O) groups excluding carboxylic acids is 1. The summed E-state index contributed by atoms with van der Waals surface area (Å²) in [6.07, 6.45) is 1.44. The van der Waals surface area contributed by atoms with Crippen molar-refractivity contribution in [1.29, 1.82) is 0 Å². The molecule has 0 radical (unpaired) electrons. The molecule has 0 saturated heterocycles. The van der Waals surface area contributed by atoms with Crippen LogP contribution < -0.4 is 0 Å². The fourth-order valence-corrected chi connectivity index (χ4v) is 1.46. The number of Topliss-reactive ketones (excluding diaryl/α,β-unsaturated/α-hetero) is 1. The van der Waals surface area contributed by atoms with Crippen LogP contribution in [0, 0.1) is 0 Å². The molecule has 0 unspecified atom stereocenters. The first-order valence-electron chi connectivity index (χ1n) is 5.33. The zero-order valence-corrected chi connectivity index (χ0v) is 9.45. The number of nitrogens with zero attached hydrogens (tertiary/aromatic N) is 1. The Labute approximate surface area is 104 Å². The van der Waals surface area contributed by atoms with E-state index in [1.807, 2.05) is 0 Å². The molecule has 0 amide bonds. The number of aliphatic hydroxyl groups excluding tert-OH is 2. The second-order valence-electron chi connectivity index (χ2n) is 3.61. The van der Waals surface area contributed by atoms with Crippen LogP contribution in [0.2, 0.25) is 0 Å². The van der Waals surface area contributed by atoms with E-state index in [1.54, 1.807) is 42.5 Å². The lowest BCUT2D eigenvalue weighted by atomic mass is 10.1. The van der Waals surface area contributed by atoms with Crippen molar-refractivity contribution in [3.63, 3.8) is 0 Å². The molecule has 0 bridgehead atoms. The molecule has 2 N–H and O–H groups in total. The molecule has 0 aliphatic heterocycles. The number of hydrogen-bond donors (Lipinski definition) is 2. The van der Waals surface area contributed by atoms with Crippen molar-refractivity contribution >= 4 is 11.5 Å². The molecule has 1 heterocycles. The van der Waals surface area contributed by atoms with Crippen LogP contribution in [0.15, 0.2) is 60.5 Å². The maximum Gasteiger partial charge on any atom is 0.249 e. The Balaban J connectivity index is 2.37. The minimum absolute atomic E-state index is 0.0810. The topological polar surface area (TPSA) is 70.4 Å². The van der Waals surface area contributed by atoms with Crippen molar-refractivity contribution in [2.75, 3.05) is 0 Å². The van der Waals surface area contributed by atoms with Crippen molar-refractivity contribution in [2.45, 2.75) is 0 Å². The third-order valence-corrected chi connectivity index (χ3v) is 2.38. The quantitative estimate of drug-likeness (QED) is 0.492. The summed E-state index contributed by atoms with van der Waals surface area (Å²) in [5.74, 6) is -1.87. The Bertz CT molecular complexity index is 577. The summed E-state index contributed by atoms with van der Waals surface area (Å²) in [6.45, 7) is 0. The number of benzene rings is 1. The number of pyridine rings is 1. The summed E-state index contributed by atoms with van der Waals surface area (Å²) in [6, 6.07) is 13.1. The molecule has 0 aliphatic carbocycles. The van der Waals surface area contributed by atoms with Crippen LogP contribution in [0.1, 0.15) is 16.1 Å². The van der Waals surface area contributed by atoms with Gasteiger partial charge >= 0.3 is 0 Å². The fraction of sp³-hybridized carbons (Fsp3) is 0. The number of allylic oxidation sites excluding steroid dienone is 1. The number of hydrogen-bond acceptors (Lipinski definition) is 4. The summed E-state index contributed by atoms with van der Waals surface area (Å²) in [7, 11) is 0. The van der Waals surface area contributed by atoms with Gasteiger partial charge in [-0.2, -0.15) is 0 Å². The van der Waals surface area contributed by atoms with Gasteiger partial charge in [0, 0.05) is 11.8 Å². The summed E-state index contributed by atoms with van der Waals surface area (Å²) in [5.41, 5.74) is 0.455. The molecule has 2 aromatic rings. The lowest BCUT2D eigenvalue weighted by Crippen LogP contribution is -2.07. The molecule has 0 saturated carbocycles. The molecule has 2 rings (SSSR count). The molecule has 0 spiro atoms. The molecule has 0 atom stereocenters. The largest absolute Gasteiger partial charge is 0.504 e. The predicted molar refractivity (Wildman–Crippen MR) is 67.2 cm³/mol. The monoisotopic (exact) mass is 241 g/mol. The maximum atomic E-state index is 11.8. The maximum absolute atomic E-state index is 11.8. The van der Waals surface area contributed by atoms with Gasteiger partial charge in [-0.1, -0.05) is 36.4 Å². The van der Waals surface area contributed by atoms with E-state index in [-0.39, 0.29) is 5.69 Å². The molecular formula is C14H11NO3. The highest BCUT2D eigenvalue weighted by molar-refractivity contribution is 6.09. The number of carbonyl (C=O) groups is 1. The van der Waals surface area contributed by atoms with E-state index < -0.39 is 17.3 Å². The Hall–Kier alpha value is -2.62. The van der Waals surface area contributed by atoms with Gasteiger partial charge in [0.15, 0.2) is 5.76 Å². The van der Waals surface area contributed by atoms with Gasteiger partial charge in [0.2, 0.25) is 11.5 Å². The summed E-state index contributed by atoms with van der Waals surface area (Å²) in [4.78, 5) is 15.7. The molecule has 90 valence electrons. The zero-order chi connectivity index (χ0) is 13.0. The van der Waals surface area contributed by atoms with Crippen molar-refractivity contribution in [3.8, 4) is 0 Å². The SMILES string of the molecule is O=C(/C(O)=C(/O)c1ccccc1)c1ccccn1. The predicted octanol–water partition coefficient (Wildman–Crippen LogP) is 2.75. The van der Waals surface area contributed by atoms with Crippen molar-refractivity contribution in [2.24, 2.45) is 0 Å². The van der Waals surface area contributed by atoms with Gasteiger partial charge in [-0.05, 0) is 12.1 Å². The van der Waals surface area contributed by atoms with E-state index in [0.717, 1.165) is 0 Å². The van der Waals surface area contributed by atoms with Gasteiger partial charge in [-0.15, -0.1) is 0 Å². The van der Waals surface area contributed by atoms with Crippen LogP contribution in [0.3, 0.4) is 0 Å². The van der Waals surface area contributed by atoms with Crippen molar-refractivity contribution in [1.82, 2.24) is 4.98 Å². The highest BCUT2D eigenvalue weighted by Crippen LogP contribution is 2.16. The van der Waals surface area contributed by atoms with Crippen LogP contribution in [0.5, 0.6) is 0 Å². The smallest absolute Gasteiger partial charge is 0.249 e. The second kappa shape index (κ2) is 5.14. The Kier molecular flexibility index (Phi) is 3.38. The first kappa shape index (κ1) is 11.9. The average molecular weight is 241 g/mol. The molecule has 18 heavy (non-hydrogen) atoms. The first-order chi connectivity index (χ1) is 8.70. The first-order valence-corrected chi connectivity index (χ1v) is 5.33. The van der Waals surface area contributed by atoms with Gasteiger partial charge in [-0.25, -0.2) is 0 Å². The van der Waals surface area contributed by atoms with Crippen LogP contribution >= 0.6 is 0 Å². The third kappa shape index (κ3) is 2.38. The Morgan fingerprint density at radius 1 is 0.944 bits per heavy atom. The highest BCUT2D eigenvalue weighted by Gasteiger charge is 2.17. The van der Waals surface area contributed by atoms with Gasteiger partial charge in [0.25, 0.3) is 0 Å². The molecule has 0 fully saturated rings. The van der Waals surface area contributed by atoms with E-state index in [1.165, 1.54) is 12.3 Å². The van der Waals surface area contributed by atoms with E-state index in [2.05, 4.69) is 4.98 Å². The van der Waals surface area contributed by atoms with Crippen molar-refractivity contribution in [3.05, 3.63) is 71.7 Å². The highest BCUT2D eigenvalue weighted by atomic mass is 16.3. The zero-order valence-electron chi connectivity index (χ0n) is 9.45. The minimum Gasteiger partial charge on any atom is -0.504 e. The van der Waals surface area contributed by atoms with Crippen LogP contribution in [-0.2, 0) is 0 Å².